The second kappa shape index (κ2) is 7.65. The van der Waals surface area contributed by atoms with Crippen LogP contribution < -0.4 is 5.32 Å². The fourth-order valence-electron chi connectivity index (χ4n) is 1.25. The molecule has 0 spiro atoms. The van der Waals surface area contributed by atoms with Gasteiger partial charge in [0.15, 0.2) is 0 Å². The molecule has 2 nitrogen and oxygen atoms in total. The predicted octanol–water partition coefficient (Wildman–Crippen LogP) is 1.49. The van der Waals surface area contributed by atoms with Crippen LogP contribution in [0.25, 0.3) is 0 Å². The molecule has 3 heteroatoms. The van der Waals surface area contributed by atoms with Crippen molar-refractivity contribution in [1.82, 2.24) is 5.32 Å². The lowest BCUT2D eigenvalue weighted by atomic mass is 10.3. The lowest BCUT2D eigenvalue weighted by Gasteiger charge is -2.03. The van der Waals surface area contributed by atoms with E-state index >= 15 is 0 Å². The third-order valence-corrected chi connectivity index (χ3v) is 3.37. The van der Waals surface area contributed by atoms with Crippen LogP contribution in [0.5, 0.6) is 0 Å². The Morgan fingerprint density at radius 3 is 2.77 bits per heavy atom. The van der Waals surface area contributed by atoms with Crippen LogP contribution in [-0.4, -0.2) is 36.3 Å². The standard InChI is InChI=1S/C10H21NOS/c12-7-1-8-13-9-6-11-5-4-10-2-3-10/h10-12H,1-9H2. The van der Waals surface area contributed by atoms with Crippen molar-refractivity contribution in [3.63, 3.8) is 0 Å². The van der Waals surface area contributed by atoms with Crippen molar-refractivity contribution >= 4 is 11.8 Å². The lowest BCUT2D eigenvalue weighted by Crippen LogP contribution is -2.18. The molecule has 13 heavy (non-hydrogen) atoms. The number of rotatable bonds is 9. The molecule has 0 heterocycles. The van der Waals surface area contributed by atoms with Crippen LogP contribution in [0.1, 0.15) is 25.7 Å². The Morgan fingerprint density at radius 2 is 2.08 bits per heavy atom. The topological polar surface area (TPSA) is 32.3 Å². The summed E-state index contributed by atoms with van der Waals surface area (Å²) >= 11 is 1.93. The molecule has 0 saturated heterocycles. The highest BCUT2D eigenvalue weighted by molar-refractivity contribution is 7.99. The van der Waals surface area contributed by atoms with Gasteiger partial charge in [-0.15, -0.1) is 0 Å². The fraction of sp³-hybridized carbons (Fsp3) is 1.00. The van der Waals surface area contributed by atoms with Crippen LogP contribution in [0.2, 0.25) is 0 Å². The van der Waals surface area contributed by atoms with Crippen LogP contribution in [0.3, 0.4) is 0 Å². The molecular weight excluding hydrogens is 182 g/mol. The van der Waals surface area contributed by atoms with Gasteiger partial charge in [0.1, 0.15) is 0 Å². The van der Waals surface area contributed by atoms with Crippen LogP contribution in [-0.2, 0) is 0 Å². The average molecular weight is 203 g/mol. The minimum atomic E-state index is 0.335. The van der Waals surface area contributed by atoms with Gasteiger partial charge in [0.25, 0.3) is 0 Å². The van der Waals surface area contributed by atoms with E-state index in [2.05, 4.69) is 5.32 Å². The summed E-state index contributed by atoms with van der Waals surface area (Å²) in [6.07, 6.45) is 5.24. The monoisotopic (exact) mass is 203 g/mol. The second-order valence-corrected chi connectivity index (χ2v) is 4.90. The van der Waals surface area contributed by atoms with E-state index in [-0.39, 0.29) is 0 Å². The number of thioether (sulfide) groups is 1. The molecule has 0 aromatic carbocycles. The summed E-state index contributed by atoms with van der Waals surface area (Å²) in [6, 6.07) is 0. The highest BCUT2D eigenvalue weighted by atomic mass is 32.2. The maximum Gasteiger partial charge on any atom is 0.0438 e. The van der Waals surface area contributed by atoms with E-state index in [4.69, 9.17) is 5.11 Å². The van der Waals surface area contributed by atoms with Crippen molar-refractivity contribution in [1.29, 1.82) is 0 Å². The van der Waals surface area contributed by atoms with Crippen molar-refractivity contribution in [2.75, 3.05) is 31.2 Å². The molecule has 0 aromatic rings. The van der Waals surface area contributed by atoms with Crippen molar-refractivity contribution in [3.05, 3.63) is 0 Å². The van der Waals surface area contributed by atoms with Gasteiger partial charge < -0.3 is 10.4 Å². The average Bonchev–Trinajstić information content (AvgIpc) is 2.93. The Morgan fingerprint density at radius 1 is 1.23 bits per heavy atom. The van der Waals surface area contributed by atoms with E-state index in [0.29, 0.717) is 6.61 Å². The van der Waals surface area contributed by atoms with E-state index in [9.17, 15) is 0 Å². The SMILES string of the molecule is OCCCSCCNCCC1CC1. The van der Waals surface area contributed by atoms with Crippen LogP contribution in [0.4, 0.5) is 0 Å². The minimum Gasteiger partial charge on any atom is -0.396 e. The molecule has 0 amide bonds. The molecule has 78 valence electrons. The zero-order chi connectivity index (χ0) is 9.36. The van der Waals surface area contributed by atoms with Crippen molar-refractivity contribution in [3.8, 4) is 0 Å². The second-order valence-electron chi connectivity index (χ2n) is 3.67. The molecule has 1 rings (SSSR count). The molecule has 1 aliphatic rings. The zero-order valence-electron chi connectivity index (χ0n) is 8.30. The number of aliphatic hydroxyl groups excluding tert-OH is 1. The molecule has 0 unspecified atom stereocenters. The summed E-state index contributed by atoms with van der Waals surface area (Å²) in [5.41, 5.74) is 0. The Hall–Kier alpha value is 0.270. The Kier molecular flexibility index (Phi) is 6.68. The first kappa shape index (κ1) is 11.3. The zero-order valence-corrected chi connectivity index (χ0v) is 9.11. The quantitative estimate of drug-likeness (QED) is 0.557. The first-order valence-corrected chi connectivity index (χ1v) is 6.48. The van der Waals surface area contributed by atoms with Gasteiger partial charge in [0.05, 0.1) is 0 Å². The maximum absolute atomic E-state index is 8.55. The Bertz CT molecular complexity index is 117. The first-order valence-electron chi connectivity index (χ1n) is 5.33. The molecule has 2 N–H and O–H groups in total. The Labute approximate surface area is 85.5 Å². The van der Waals surface area contributed by atoms with E-state index < -0.39 is 0 Å². The summed E-state index contributed by atoms with van der Waals surface area (Å²) in [6.45, 7) is 2.66. The fourth-order valence-corrected chi connectivity index (χ4v) is 2.08. The third-order valence-electron chi connectivity index (χ3n) is 2.30. The van der Waals surface area contributed by atoms with Gasteiger partial charge in [-0.05, 0) is 31.1 Å². The number of hydrogen-bond acceptors (Lipinski definition) is 3. The summed E-state index contributed by atoms with van der Waals surface area (Å²) < 4.78 is 0. The number of aliphatic hydroxyl groups is 1. The van der Waals surface area contributed by atoms with Crippen LogP contribution >= 0.6 is 11.8 Å². The number of nitrogens with one attached hydrogen (secondary N) is 1. The third kappa shape index (κ3) is 7.35. The summed E-state index contributed by atoms with van der Waals surface area (Å²) in [7, 11) is 0. The van der Waals surface area contributed by atoms with Crippen molar-refractivity contribution in [2.45, 2.75) is 25.7 Å². The summed E-state index contributed by atoms with van der Waals surface area (Å²) in [5, 5.41) is 12.0. The predicted molar refractivity (Wildman–Crippen MR) is 59.2 cm³/mol. The summed E-state index contributed by atoms with van der Waals surface area (Å²) in [4.78, 5) is 0. The van der Waals surface area contributed by atoms with E-state index in [1.807, 2.05) is 11.8 Å². The highest BCUT2D eigenvalue weighted by Gasteiger charge is 2.19. The molecule has 1 aliphatic carbocycles. The molecular formula is C10H21NOS. The van der Waals surface area contributed by atoms with E-state index in [1.165, 1.54) is 31.6 Å². The van der Waals surface area contributed by atoms with Gasteiger partial charge in [0, 0.05) is 18.9 Å². The smallest absolute Gasteiger partial charge is 0.0438 e. The van der Waals surface area contributed by atoms with Crippen LogP contribution in [0, 0.1) is 5.92 Å². The van der Waals surface area contributed by atoms with Crippen molar-refractivity contribution in [2.24, 2.45) is 5.92 Å². The van der Waals surface area contributed by atoms with Gasteiger partial charge >= 0.3 is 0 Å². The molecule has 0 bridgehead atoms. The Balaban J connectivity index is 1.63. The van der Waals surface area contributed by atoms with Crippen molar-refractivity contribution < 1.29 is 5.11 Å². The van der Waals surface area contributed by atoms with Crippen LogP contribution in [0.15, 0.2) is 0 Å². The van der Waals surface area contributed by atoms with Gasteiger partial charge in [-0.2, -0.15) is 11.8 Å². The largest absolute Gasteiger partial charge is 0.396 e. The van der Waals surface area contributed by atoms with E-state index in [1.54, 1.807) is 0 Å². The molecule has 0 atom stereocenters. The van der Waals surface area contributed by atoms with Gasteiger partial charge in [-0.3, -0.25) is 0 Å². The minimum absolute atomic E-state index is 0.335. The lowest BCUT2D eigenvalue weighted by molar-refractivity contribution is 0.296. The van der Waals surface area contributed by atoms with Gasteiger partial charge in [-0.1, -0.05) is 12.8 Å². The maximum atomic E-state index is 8.55. The molecule has 0 radical (unpaired) electrons. The van der Waals surface area contributed by atoms with E-state index in [0.717, 1.165) is 24.6 Å². The summed E-state index contributed by atoms with van der Waals surface area (Å²) in [5.74, 6) is 3.33. The highest BCUT2D eigenvalue weighted by Crippen LogP contribution is 2.31. The van der Waals surface area contributed by atoms with Gasteiger partial charge in [0.2, 0.25) is 0 Å². The number of hydrogen-bond donors (Lipinski definition) is 2. The molecule has 1 fully saturated rings. The molecule has 1 saturated carbocycles. The molecule has 0 aromatic heterocycles. The van der Waals surface area contributed by atoms with Gasteiger partial charge in [-0.25, -0.2) is 0 Å². The molecule has 0 aliphatic heterocycles. The first-order chi connectivity index (χ1) is 6.43. The normalized spacial score (nSPS) is 16.4.